The lowest BCUT2D eigenvalue weighted by Crippen LogP contribution is -2.04. The maximum absolute atomic E-state index is 4.45. The van der Waals surface area contributed by atoms with Gasteiger partial charge < -0.3 is 0 Å². The predicted octanol–water partition coefficient (Wildman–Crippen LogP) is 3.79. The average Bonchev–Trinajstić information content (AvgIpc) is 2.14. The van der Waals surface area contributed by atoms with E-state index in [0.29, 0.717) is 0 Å². The third-order valence-electron chi connectivity index (χ3n) is 1.75. The molecule has 2 nitrogen and oxygen atoms in total. The molecule has 1 radical (unpaired) electrons. The second-order valence-corrected chi connectivity index (χ2v) is 4.08. The Morgan fingerprint density at radius 2 is 1.85 bits per heavy atom. The summed E-state index contributed by atoms with van der Waals surface area (Å²) in [4.78, 5) is 0. The molecule has 0 rings (SSSR count). The zero-order valence-electron chi connectivity index (χ0n) is 9.17. The molecule has 75 valence electrons. The molecule has 0 aromatic rings. The molecule has 0 spiro atoms. The van der Waals surface area contributed by atoms with Crippen LogP contribution in [0.5, 0.6) is 0 Å². The van der Waals surface area contributed by atoms with Gasteiger partial charge in [-0.15, -0.1) is 0 Å². The van der Waals surface area contributed by atoms with Crippen molar-refractivity contribution in [2.45, 2.75) is 40.5 Å². The molecule has 13 heavy (non-hydrogen) atoms. The first-order valence-corrected chi connectivity index (χ1v) is 5.98. The van der Waals surface area contributed by atoms with Crippen LogP contribution >= 0.6 is 8.37 Å². The number of allylic oxidation sites excluding steroid dienone is 2. The predicted molar refractivity (Wildman–Crippen MR) is 60.2 cm³/mol. The minimum Gasteiger partial charge on any atom is -0.288 e. The Labute approximate surface area is 83.7 Å². The van der Waals surface area contributed by atoms with Gasteiger partial charge in [0, 0.05) is 21.1 Å². The van der Waals surface area contributed by atoms with E-state index >= 15 is 0 Å². The van der Waals surface area contributed by atoms with E-state index in [1.54, 1.807) is 0 Å². The van der Waals surface area contributed by atoms with Crippen LogP contribution in [0.15, 0.2) is 16.1 Å². The van der Waals surface area contributed by atoms with Crippen LogP contribution in [0.4, 0.5) is 0 Å². The molecule has 0 saturated carbocycles. The molecule has 0 aliphatic rings. The summed E-state index contributed by atoms with van der Waals surface area (Å²) in [6.07, 6.45) is 3.47. The van der Waals surface area contributed by atoms with Crippen LogP contribution in [0.3, 0.4) is 0 Å². The molecule has 0 heterocycles. The normalized spacial score (nSPS) is 13.2. The number of hydrogen-bond donors (Lipinski definition) is 0. The third-order valence-corrected chi connectivity index (χ3v) is 2.47. The van der Waals surface area contributed by atoms with Gasteiger partial charge in [-0.1, -0.05) is 20.3 Å². The lowest BCUT2D eigenvalue weighted by atomic mass is 10.3. The van der Waals surface area contributed by atoms with Crippen LogP contribution in [0.2, 0.25) is 0 Å². The molecule has 0 aliphatic carbocycles. The van der Waals surface area contributed by atoms with Gasteiger partial charge in [-0.3, -0.25) is 5.32 Å². The van der Waals surface area contributed by atoms with Crippen LogP contribution in [0.25, 0.3) is 0 Å². The molecule has 0 amide bonds. The summed E-state index contributed by atoms with van der Waals surface area (Å²) < 4.78 is 4.38. The summed E-state index contributed by atoms with van der Waals surface area (Å²) in [6, 6.07) is 0. The van der Waals surface area contributed by atoms with Crippen LogP contribution < -0.4 is 5.32 Å². The summed E-state index contributed by atoms with van der Waals surface area (Å²) in [6.45, 7) is 9.33. The molecular weight excluding hydrogens is 179 g/mol. The minimum atomic E-state index is 0.943. The molecule has 0 fully saturated rings. The van der Waals surface area contributed by atoms with Gasteiger partial charge in [0.05, 0.1) is 11.4 Å². The maximum Gasteiger partial charge on any atom is 0.0625 e. The van der Waals surface area contributed by atoms with Crippen molar-refractivity contribution in [2.24, 2.45) is 4.74 Å². The Morgan fingerprint density at radius 3 is 2.38 bits per heavy atom. The first kappa shape index (κ1) is 12.6. The molecule has 3 heteroatoms. The Morgan fingerprint density at radius 1 is 1.15 bits per heavy atom. The van der Waals surface area contributed by atoms with Crippen LogP contribution in [0, 0.1) is 0 Å². The Kier molecular flexibility index (Phi) is 8.02. The summed E-state index contributed by atoms with van der Waals surface area (Å²) in [5.41, 5.74) is 2.18. The van der Waals surface area contributed by atoms with Crippen molar-refractivity contribution in [3.63, 3.8) is 0 Å². The monoisotopic (exact) mass is 199 g/mol. The Hall–Kier alpha value is -0.360. The summed E-state index contributed by atoms with van der Waals surface area (Å²) >= 11 is 0. The zero-order valence-corrected chi connectivity index (χ0v) is 10.1. The van der Waals surface area contributed by atoms with Crippen LogP contribution in [0.1, 0.15) is 40.5 Å². The van der Waals surface area contributed by atoms with Crippen molar-refractivity contribution in [1.82, 2.24) is 5.32 Å². The van der Waals surface area contributed by atoms with Crippen molar-refractivity contribution in [2.75, 3.05) is 12.7 Å². The van der Waals surface area contributed by atoms with Gasteiger partial charge in [0.1, 0.15) is 0 Å². The highest BCUT2D eigenvalue weighted by Gasteiger charge is 1.94. The van der Waals surface area contributed by atoms with Gasteiger partial charge >= 0.3 is 0 Å². The van der Waals surface area contributed by atoms with Gasteiger partial charge in [-0.25, -0.2) is 4.74 Å². The minimum absolute atomic E-state index is 0.943. The second kappa shape index (κ2) is 8.25. The van der Waals surface area contributed by atoms with Crippen molar-refractivity contribution < 1.29 is 0 Å². The van der Waals surface area contributed by atoms with Crippen molar-refractivity contribution in [3.05, 3.63) is 11.4 Å². The molecule has 0 aliphatic heterocycles. The van der Waals surface area contributed by atoms with Crippen molar-refractivity contribution >= 4 is 8.37 Å². The van der Waals surface area contributed by atoms with E-state index in [2.05, 4.69) is 23.9 Å². The first-order chi connectivity index (χ1) is 6.22. The fourth-order valence-corrected chi connectivity index (χ4v) is 1.27. The maximum atomic E-state index is 4.45. The van der Waals surface area contributed by atoms with E-state index in [-0.39, 0.29) is 0 Å². The Bertz CT molecular complexity index is 185. The second-order valence-electron chi connectivity index (χ2n) is 2.96. The van der Waals surface area contributed by atoms with Gasteiger partial charge in [-0.2, -0.15) is 0 Å². The lowest BCUT2D eigenvalue weighted by Gasteiger charge is -2.03. The summed E-state index contributed by atoms with van der Waals surface area (Å²) in [5, 5.41) is 4.45. The van der Waals surface area contributed by atoms with E-state index in [0.717, 1.165) is 32.5 Å². The molecule has 0 bridgehead atoms. The zero-order chi connectivity index (χ0) is 10.1. The van der Waals surface area contributed by atoms with Gasteiger partial charge in [0.15, 0.2) is 0 Å². The standard InChI is InChI=1S/C10H20N2P/c1-5-7-8-11-9(3)10(4)12-13-6-2/h5-8H2,1-4H3. The van der Waals surface area contributed by atoms with Crippen LogP contribution in [-0.2, 0) is 0 Å². The van der Waals surface area contributed by atoms with E-state index in [1.165, 1.54) is 12.8 Å². The highest BCUT2D eigenvalue weighted by atomic mass is 31.1. The quantitative estimate of drug-likeness (QED) is 0.459. The highest BCUT2D eigenvalue weighted by molar-refractivity contribution is 7.26. The van der Waals surface area contributed by atoms with Gasteiger partial charge in [-0.05, 0) is 20.3 Å². The SMILES string of the molecule is CCCC[N]C(C)=C(C)N=PCC. The summed E-state index contributed by atoms with van der Waals surface area (Å²) in [7, 11) is 1.15. The van der Waals surface area contributed by atoms with Crippen molar-refractivity contribution in [3.8, 4) is 0 Å². The average molecular weight is 199 g/mol. The first-order valence-electron chi connectivity index (χ1n) is 4.94. The summed E-state index contributed by atoms with van der Waals surface area (Å²) in [5.74, 6) is 0. The molecule has 0 saturated heterocycles. The Balaban J connectivity index is 3.88. The van der Waals surface area contributed by atoms with E-state index < -0.39 is 0 Å². The number of unbranched alkanes of at least 4 members (excludes halogenated alkanes) is 1. The molecule has 0 unspecified atom stereocenters. The molecule has 0 atom stereocenters. The van der Waals surface area contributed by atoms with Gasteiger partial charge in [0.2, 0.25) is 0 Å². The highest BCUT2D eigenvalue weighted by Crippen LogP contribution is 2.10. The molecule has 0 aromatic heterocycles. The van der Waals surface area contributed by atoms with Gasteiger partial charge in [0.25, 0.3) is 0 Å². The molecule has 0 aromatic carbocycles. The lowest BCUT2D eigenvalue weighted by molar-refractivity contribution is 0.694. The molecular formula is C10H20N2P. The van der Waals surface area contributed by atoms with E-state index in [9.17, 15) is 0 Å². The number of nitrogens with zero attached hydrogens (tertiary/aromatic N) is 2. The van der Waals surface area contributed by atoms with Crippen LogP contribution in [-0.4, -0.2) is 12.7 Å². The largest absolute Gasteiger partial charge is 0.288 e. The molecule has 0 N–H and O–H groups in total. The fourth-order valence-electron chi connectivity index (χ4n) is 0.768. The van der Waals surface area contributed by atoms with E-state index in [4.69, 9.17) is 0 Å². The third kappa shape index (κ3) is 6.77. The number of hydrogen-bond acceptors (Lipinski definition) is 1. The number of rotatable bonds is 6. The van der Waals surface area contributed by atoms with Crippen molar-refractivity contribution in [1.29, 1.82) is 0 Å². The fraction of sp³-hybridized carbons (Fsp3) is 0.800. The topological polar surface area (TPSA) is 26.5 Å². The van der Waals surface area contributed by atoms with E-state index in [1.807, 2.05) is 13.8 Å². The smallest absolute Gasteiger partial charge is 0.0625 e.